The van der Waals surface area contributed by atoms with Crippen LogP contribution in [0.4, 0.5) is 0 Å². The van der Waals surface area contributed by atoms with Gasteiger partial charge in [0.25, 0.3) is 0 Å². The number of hydrogen-bond donors (Lipinski definition) is 0. The van der Waals surface area contributed by atoms with E-state index in [0.717, 1.165) is 11.5 Å². The number of benzene rings is 1. The highest BCUT2D eigenvalue weighted by Gasteiger charge is 2.12. The summed E-state index contributed by atoms with van der Waals surface area (Å²) in [5.74, 6) is 2.34. The first-order chi connectivity index (χ1) is 8.22. The summed E-state index contributed by atoms with van der Waals surface area (Å²) < 4.78 is 10.6. The number of rotatable bonds is 7. The lowest BCUT2D eigenvalue weighted by atomic mass is 9.94. The molecule has 17 heavy (non-hydrogen) atoms. The van der Waals surface area contributed by atoms with Crippen LogP contribution in [-0.4, -0.2) is 14.2 Å². The molecular formula is C15H24O2. The van der Waals surface area contributed by atoms with Crippen LogP contribution < -0.4 is 9.47 Å². The Hall–Kier alpha value is -1.18. The Labute approximate surface area is 105 Å². The van der Waals surface area contributed by atoms with Crippen molar-refractivity contribution >= 4 is 0 Å². The highest BCUT2D eigenvalue weighted by Crippen LogP contribution is 2.32. The van der Waals surface area contributed by atoms with Crippen molar-refractivity contribution in [1.29, 1.82) is 0 Å². The lowest BCUT2D eigenvalue weighted by Crippen LogP contribution is -1.98. The van der Waals surface area contributed by atoms with Gasteiger partial charge in [-0.05, 0) is 24.0 Å². The van der Waals surface area contributed by atoms with Crippen LogP contribution >= 0.6 is 0 Å². The van der Waals surface area contributed by atoms with Crippen molar-refractivity contribution in [3.8, 4) is 11.5 Å². The lowest BCUT2D eigenvalue weighted by Gasteiger charge is -2.16. The average molecular weight is 236 g/mol. The van der Waals surface area contributed by atoms with Crippen molar-refractivity contribution in [2.24, 2.45) is 0 Å². The van der Waals surface area contributed by atoms with Crippen molar-refractivity contribution in [2.45, 2.75) is 45.4 Å². The molecule has 0 aliphatic carbocycles. The molecule has 0 aliphatic rings. The molecule has 1 unspecified atom stereocenters. The number of ether oxygens (including phenoxy) is 2. The minimum Gasteiger partial charge on any atom is -0.497 e. The number of methoxy groups -OCH3 is 2. The Morgan fingerprint density at radius 2 is 1.88 bits per heavy atom. The first-order valence-corrected chi connectivity index (χ1v) is 6.44. The molecule has 0 aliphatic heterocycles. The van der Waals surface area contributed by atoms with E-state index in [1.165, 1.54) is 31.2 Å². The summed E-state index contributed by atoms with van der Waals surface area (Å²) in [6.45, 7) is 4.50. The molecule has 0 amide bonds. The van der Waals surface area contributed by atoms with Gasteiger partial charge in [-0.3, -0.25) is 0 Å². The fourth-order valence-electron chi connectivity index (χ4n) is 2.08. The molecule has 0 heterocycles. The lowest BCUT2D eigenvalue weighted by molar-refractivity contribution is 0.387. The van der Waals surface area contributed by atoms with Crippen molar-refractivity contribution in [3.05, 3.63) is 23.8 Å². The van der Waals surface area contributed by atoms with Crippen LogP contribution in [0.5, 0.6) is 11.5 Å². The van der Waals surface area contributed by atoms with Gasteiger partial charge in [0.15, 0.2) is 0 Å². The van der Waals surface area contributed by atoms with Crippen LogP contribution in [0.3, 0.4) is 0 Å². The third-order valence-corrected chi connectivity index (χ3v) is 3.21. The molecule has 0 fully saturated rings. The molecule has 2 nitrogen and oxygen atoms in total. The fourth-order valence-corrected chi connectivity index (χ4v) is 2.08. The minimum absolute atomic E-state index is 0.544. The van der Waals surface area contributed by atoms with E-state index in [4.69, 9.17) is 9.47 Å². The molecule has 0 radical (unpaired) electrons. The maximum Gasteiger partial charge on any atom is 0.126 e. The van der Waals surface area contributed by atoms with E-state index in [2.05, 4.69) is 19.9 Å². The smallest absolute Gasteiger partial charge is 0.126 e. The van der Waals surface area contributed by atoms with Gasteiger partial charge in [0, 0.05) is 6.07 Å². The maximum atomic E-state index is 5.44. The average Bonchev–Trinajstić information content (AvgIpc) is 2.38. The van der Waals surface area contributed by atoms with Gasteiger partial charge in [-0.2, -0.15) is 0 Å². The Morgan fingerprint density at radius 1 is 1.12 bits per heavy atom. The molecule has 0 N–H and O–H groups in total. The molecule has 96 valence electrons. The second-order valence-electron chi connectivity index (χ2n) is 4.50. The van der Waals surface area contributed by atoms with Gasteiger partial charge in [0.2, 0.25) is 0 Å². The second kappa shape index (κ2) is 7.21. The van der Waals surface area contributed by atoms with E-state index in [1.54, 1.807) is 14.2 Å². The number of hydrogen-bond acceptors (Lipinski definition) is 2. The highest BCUT2D eigenvalue weighted by atomic mass is 16.5. The van der Waals surface area contributed by atoms with Gasteiger partial charge < -0.3 is 9.47 Å². The molecule has 1 aromatic carbocycles. The van der Waals surface area contributed by atoms with Crippen molar-refractivity contribution < 1.29 is 9.47 Å². The Bertz CT molecular complexity index is 334. The van der Waals surface area contributed by atoms with E-state index in [9.17, 15) is 0 Å². The van der Waals surface area contributed by atoms with Crippen LogP contribution in [0.25, 0.3) is 0 Å². The summed E-state index contributed by atoms with van der Waals surface area (Å²) >= 11 is 0. The molecule has 0 aromatic heterocycles. The Kier molecular flexibility index (Phi) is 5.88. The SMILES string of the molecule is CCCCCC(C)c1ccc(OC)cc1OC. The van der Waals surface area contributed by atoms with Crippen LogP contribution in [0.2, 0.25) is 0 Å². The molecule has 0 bridgehead atoms. The van der Waals surface area contributed by atoms with Gasteiger partial charge in [-0.25, -0.2) is 0 Å². The summed E-state index contributed by atoms with van der Waals surface area (Å²) in [4.78, 5) is 0. The highest BCUT2D eigenvalue weighted by molar-refractivity contribution is 5.42. The molecule has 1 atom stereocenters. The van der Waals surface area contributed by atoms with Gasteiger partial charge in [-0.15, -0.1) is 0 Å². The zero-order chi connectivity index (χ0) is 12.7. The maximum absolute atomic E-state index is 5.44. The normalized spacial score (nSPS) is 12.2. The predicted octanol–water partition coefficient (Wildman–Crippen LogP) is 4.39. The standard InChI is InChI=1S/C15H24O2/c1-5-6-7-8-12(2)14-10-9-13(16-3)11-15(14)17-4/h9-12H,5-8H2,1-4H3. The van der Waals surface area contributed by atoms with E-state index in [-0.39, 0.29) is 0 Å². The molecule has 0 saturated carbocycles. The zero-order valence-electron chi connectivity index (χ0n) is 11.5. The topological polar surface area (TPSA) is 18.5 Å². The van der Waals surface area contributed by atoms with E-state index < -0.39 is 0 Å². The van der Waals surface area contributed by atoms with Crippen LogP contribution in [0.1, 0.15) is 51.0 Å². The minimum atomic E-state index is 0.544. The monoisotopic (exact) mass is 236 g/mol. The Balaban J connectivity index is 2.74. The van der Waals surface area contributed by atoms with Gasteiger partial charge in [-0.1, -0.05) is 39.2 Å². The summed E-state index contributed by atoms with van der Waals surface area (Å²) in [7, 11) is 3.40. The first-order valence-electron chi connectivity index (χ1n) is 6.44. The largest absolute Gasteiger partial charge is 0.497 e. The molecule has 0 spiro atoms. The fraction of sp³-hybridized carbons (Fsp3) is 0.600. The summed E-state index contributed by atoms with van der Waals surface area (Å²) in [6, 6.07) is 6.09. The first kappa shape index (κ1) is 13.9. The third kappa shape index (κ3) is 3.95. The van der Waals surface area contributed by atoms with Crippen molar-refractivity contribution in [3.63, 3.8) is 0 Å². The van der Waals surface area contributed by atoms with Gasteiger partial charge in [0.05, 0.1) is 14.2 Å². The quantitative estimate of drug-likeness (QED) is 0.654. The molecule has 2 heteroatoms. The summed E-state index contributed by atoms with van der Waals surface area (Å²) in [6.07, 6.45) is 5.08. The third-order valence-electron chi connectivity index (χ3n) is 3.21. The molecule has 1 rings (SSSR count). The predicted molar refractivity (Wildman–Crippen MR) is 72.1 cm³/mol. The van der Waals surface area contributed by atoms with Crippen molar-refractivity contribution in [2.75, 3.05) is 14.2 Å². The van der Waals surface area contributed by atoms with E-state index in [1.807, 2.05) is 12.1 Å². The summed E-state index contributed by atoms with van der Waals surface area (Å²) in [5, 5.41) is 0. The van der Waals surface area contributed by atoms with E-state index in [0.29, 0.717) is 5.92 Å². The van der Waals surface area contributed by atoms with Crippen LogP contribution in [-0.2, 0) is 0 Å². The number of unbranched alkanes of at least 4 members (excludes halogenated alkanes) is 2. The van der Waals surface area contributed by atoms with E-state index >= 15 is 0 Å². The molecular weight excluding hydrogens is 212 g/mol. The van der Waals surface area contributed by atoms with Crippen LogP contribution in [0, 0.1) is 0 Å². The summed E-state index contributed by atoms with van der Waals surface area (Å²) in [5.41, 5.74) is 1.28. The Morgan fingerprint density at radius 3 is 2.47 bits per heavy atom. The second-order valence-corrected chi connectivity index (χ2v) is 4.50. The molecule has 1 aromatic rings. The van der Waals surface area contributed by atoms with Gasteiger partial charge in [0.1, 0.15) is 11.5 Å². The molecule has 0 saturated heterocycles. The van der Waals surface area contributed by atoms with Crippen molar-refractivity contribution in [1.82, 2.24) is 0 Å². The zero-order valence-corrected chi connectivity index (χ0v) is 11.5. The van der Waals surface area contributed by atoms with Crippen LogP contribution in [0.15, 0.2) is 18.2 Å². The van der Waals surface area contributed by atoms with Gasteiger partial charge >= 0.3 is 0 Å².